The van der Waals surface area contributed by atoms with Gasteiger partial charge in [-0.15, -0.1) is 0 Å². The Balaban J connectivity index is 3.76. The van der Waals surface area contributed by atoms with Crippen molar-refractivity contribution >= 4 is 5.97 Å². The Bertz CT molecular complexity index is 147. The highest BCUT2D eigenvalue weighted by molar-refractivity contribution is 5.67. The van der Waals surface area contributed by atoms with Gasteiger partial charge >= 0.3 is 5.97 Å². The Morgan fingerprint density at radius 3 is 2.33 bits per heavy atom. The van der Waals surface area contributed by atoms with Gasteiger partial charge in [-0.3, -0.25) is 4.79 Å². The highest BCUT2D eigenvalue weighted by Gasteiger charge is 2.18. The van der Waals surface area contributed by atoms with Gasteiger partial charge in [-0.25, -0.2) is 0 Å². The molecular weight excluding hydrogens is 158 g/mol. The second-order valence-corrected chi connectivity index (χ2v) is 3.46. The summed E-state index contributed by atoms with van der Waals surface area (Å²) < 4.78 is 0. The van der Waals surface area contributed by atoms with Crippen LogP contribution in [0, 0.1) is 5.92 Å². The van der Waals surface area contributed by atoms with Crippen molar-refractivity contribution in [3.05, 3.63) is 0 Å². The zero-order valence-electron chi connectivity index (χ0n) is 7.53. The van der Waals surface area contributed by atoms with E-state index in [2.05, 4.69) is 0 Å². The summed E-state index contributed by atoms with van der Waals surface area (Å²) in [6, 6.07) is -0.430. The summed E-state index contributed by atoms with van der Waals surface area (Å²) in [6.07, 6.45) is -0.549. The maximum atomic E-state index is 10.2. The molecular formula is C8H17NO3. The molecule has 2 atom stereocenters. The third kappa shape index (κ3) is 5.09. The first kappa shape index (κ1) is 11.4. The van der Waals surface area contributed by atoms with Gasteiger partial charge in [-0.05, 0) is 12.3 Å². The van der Waals surface area contributed by atoms with Gasteiger partial charge in [-0.1, -0.05) is 13.8 Å². The minimum absolute atomic E-state index is 0.270. The van der Waals surface area contributed by atoms with E-state index in [0.29, 0.717) is 12.3 Å². The van der Waals surface area contributed by atoms with Gasteiger partial charge in [0, 0.05) is 6.04 Å². The number of aliphatic carboxylic acids is 1. The normalized spacial score (nSPS) is 16.1. The second kappa shape index (κ2) is 5.11. The molecule has 4 nitrogen and oxygen atoms in total. The highest BCUT2D eigenvalue weighted by Crippen LogP contribution is 2.08. The number of hydrogen-bond donors (Lipinski definition) is 3. The average Bonchev–Trinajstić information content (AvgIpc) is 1.84. The van der Waals surface area contributed by atoms with Crippen molar-refractivity contribution in [1.29, 1.82) is 0 Å². The van der Waals surface area contributed by atoms with E-state index in [4.69, 9.17) is 10.8 Å². The van der Waals surface area contributed by atoms with Crippen LogP contribution in [-0.4, -0.2) is 28.3 Å². The maximum absolute atomic E-state index is 10.2. The van der Waals surface area contributed by atoms with E-state index in [1.807, 2.05) is 13.8 Å². The molecule has 72 valence electrons. The predicted molar refractivity (Wildman–Crippen MR) is 45.7 cm³/mol. The van der Waals surface area contributed by atoms with Crippen molar-refractivity contribution in [2.75, 3.05) is 0 Å². The highest BCUT2D eigenvalue weighted by atomic mass is 16.4. The van der Waals surface area contributed by atoms with E-state index in [9.17, 15) is 9.90 Å². The fourth-order valence-corrected chi connectivity index (χ4v) is 1.03. The molecule has 0 aromatic rings. The molecule has 0 spiro atoms. The Labute approximate surface area is 72.4 Å². The molecule has 1 unspecified atom stereocenters. The molecule has 0 aromatic carbocycles. The van der Waals surface area contributed by atoms with Crippen LogP contribution in [0.15, 0.2) is 0 Å². The first-order valence-electron chi connectivity index (χ1n) is 4.09. The molecule has 0 aliphatic carbocycles. The van der Waals surface area contributed by atoms with Crippen molar-refractivity contribution in [3.63, 3.8) is 0 Å². The largest absolute Gasteiger partial charge is 0.481 e. The van der Waals surface area contributed by atoms with Crippen LogP contribution in [0.4, 0.5) is 0 Å². The molecule has 12 heavy (non-hydrogen) atoms. The minimum atomic E-state index is -1.01. The Kier molecular flexibility index (Phi) is 4.85. The van der Waals surface area contributed by atoms with E-state index >= 15 is 0 Å². The van der Waals surface area contributed by atoms with Gasteiger partial charge in [0.25, 0.3) is 0 Å². The monoisotopic (exact) mass is 175 g/mol. The van der Waals surface area contributed by atoms with Crippen LogP contribution in [0.3, 0.4) is 0 Å². The zero-order chi connectivity index (χ0) is 9.72. The number of hydrogen-bond acceptors (Lipinski definition) is 3. The molecule has 0 saturated carbocycles. The molecule has 0 aliphatic heterocycles. The van der Waals surface area contributed by atoms with Crippen LogP contribution in [0.1, 0.15) is 26.7 Å². The van der Waals surface area contributed by atoms with Crippen LogP contribution >= 0.6 is 0 Å². The molecule has 0 aromatic heterocycles. The summed E-state index contributed by atoms with van der Waals surface area (Å²) in [4.78, 5) is 10.2. The van der Waals surface area contributed by atoms with Crippen molar-refractivity contribution in [1.82, 2.24) is 0 Å². The maximum Gasteiger partial charge on any atom is 0.306 e. The molecule has 0 bridgehead atoms. The summed E-state index contributed by atoms with van der Waals surface area (Å²) >= 11 is 0. The summed E-state index contributed by atoms with van der Waals surface area (Å²) in [6.45, 7) is 3.96. The first-order chi connectivity index (χ1) is 5.43. The molecule has 4 heteroatoms. The second-order valence-electron chi connectivity index (χ2n) is 3.46. The number of rotatable bonds is 5. The molecule has 4 N–H and O–H groups in total. The molecule has 0 radical (unpaired) electrons. The average molecular weight is 175 g/mol. The summed E-state index contributed by atoms with van der Waals surface area (Å²) in [5.41, 5.74) is 5.55. The van der Waals surface area contributed by atoms with Gasteiger partial charge in [0.2, 0.25) is 0 Å². The third-order valence-corrected chi connectivity index (χ3v) is 1.62. The van der Waals surface area contributed by atoms with Gasteiger partial charge in [0.15, 0.2) is 0 Å². The van der Waals surface area contributed by atoms with E-state index in [0.717, 1.165) is 0 Å². The van der Waals surface area contributed by atoms with Gasteiger partial charge < -0.3 is 15.9 Å². The number of carboxylic acid groups (broad SMARTS) is 1. The molecule has 0 fully saturated rings. The number of carboxylic acids is 1. The smallest absolute Gasteiger partial charge is 0.306 e. The summed E-state index contributed by atoms with van der Waals surface area (Å²) in [7, 11) is 0. The zero-order valence-corrected chi connectivity index (χ0v) is 7.53. The van der Waals surface area contributed by atoms with Crippen molar-refractivity contribution in [2.24, 2.45) is 11.7 Å². The lowest BCUT2D eigenvalue weighted by Crippen LogP contribution is -2.37. The van der Waals surface area contributed by atoms with Crippen LogP contribution in [-0.2, 0) is 4.79 Å². The quantitative estimate of drug-likeness (QED) is 0.557. The number of carbonyl (C=O) groups is 1. The van der Waals surface area contributed by atoms with E-state index in [1.165, 1.54) is 0 Å². The summed E-state index contributed by atoms with van der Waals surface area (Å²) in [5, 5.41) is 17.6. The van der Waals surface area contributed by atoms with Gasteiger partial charge in [0.1, 0.15) is 0 Å². The minimum Gasteiger partial charge on any atom is -0.481 e. The van der Waals surface area contributed by atoms with Crippen LogP contribution in [0.25, 0.3) is 0 Å². The SMILES string of the molecule is CC(C)C[C@H](N)C(O)CC(=O)O. The Hall–Kier alpha value is -0.610. The van der Waals surface area contributed by atoms with Crippen molar-refractivity contribution in [2.45, 2.75) is 38.8 Å². The van der Waals surface area contributed by atoms with Gasteiger partial charge in [0.05, 0.1) is 12.5 Å². The van der Waals surface area contributed by atoms with Crippen LogP contribution in [0.5, 0.6) is 0 Å². The van der Waals surface area contributed by atoms with E-state index < -0.39 is 18.1 Å². The lowest BCUT2D eigenvalue weighted by molar-refractivity contribution is -0.139. The number of aliphatic hydroxyl groups is 1. The van der Waals surface area contributed by atoms with Crippen molar-refractivity contribution in [3.8, 4) is 0 Å². The number of nitrogens with two attached hydrogens (primary N) is 1. The Morgan fingerprint density at radius 2 is 2.00 bits per heavy atom. The first-order valence-corrected chi connectivity index (χ1v) is 4.09. The van der Waals surface area contributed by atoms with E-state index in [-0.39, 0.29) is 6.42 Å². The lowest BCUT2D eigenvalue weighted by Gasteiger charge is -2.18. The molecule has 0 amide bonds. The topological polar surface area (TPSA) is 83.5 Å². The van der Waals surface area contributed by atoms with Crippen molar-refractivity contribution < 1.29 is 15.0 Å². The predicted octanol–water partition coefficient (Wildman–Crippen LogP) is 0.195. The third-order valence-electron chi connectivity index (χ3n) is 1.62. The van der Waals surface area contributed by atoms with Gasteiger partial charge in [-0.2, -0.15) is 0 Å². The lowest BCUT2D eigenvalue weighted by atomic mass is 9.98. The molecule has 0 saturated heterocycles. The molecule has 0 heterocycles. The molecule has 0 rings (SSSR count). The molecule has 0 aliphatic rings. The Morgan fingerprint density at radius 1 is 1.50 bits per heavy atom. The number of aliphatic hydroxyl groups excluding tert-OH is 1. The van der Waals surface area contributed by atoms with E-state index in [1.54, 1.807) is 0 Å². The van der Waals surface area contributed by atoms with Crippen LogP contribution in [0.2, 0.25) is 0 Å². The fourth-order valence-electron chi connectivity index (χ4n) is 1.03. The fraction of sp³-hybridized carbons (Fsp3) is 0.875. The standard InChI is InChI=1S/C8H17NO3/c1-5(2)3-6(9)7(10)4-8(11)12/h5-7,10H,3-4,9H2,1-2H3,(H,11,12)/t6-,7?/m0/s1. The summed E-state index contributed by atoms with van der Waals surface area (Å²) in [5.74, 6) is -0.634. The van der Waals surface area contributed by atoms with Crippen LogP contribution < -0.4 is 5.73 Å².